The maximum atomic E-state index is 12.3. The van der Waals surface area contributed by atoms with Crippen LogP contribution in [0, 0.1) is 0 Å². The van der Waals surface area contributed by atoms with E-state index in [-0.39, 0.29) is 5.78 Å². The minimum absolute atomic E-state index is 0.0970. The summed E-state index contributed by atoms with van der Waals surface area (Å²) in [6.45, 7) is 4.03. The Morgan fingerprint density at radius 3 is 2.11 bits per heavy atom. The van der Waals surface area contributed by atoms with Gasteiger partial charge in [0.05, 0.1) is 11.4 Å². The van der Waals surface area contributed by atoms with Gasteiger partial charge in [-0.25, -0.2) is 0 Å². The first-order valence-electron chi connectivity index (χ1n) is 6.54. The van der Waals surface area contributed by atoms with Crippen LogP contribution in [0.15, 0.2) is 30.3 Å². The van der Waals surface area contributed by atoms with Crippen LogP contribution in [0.25, 0.3) is 0 Å². The molecular formula is C15H17N3O. The van der Waals surface area contributed by atoms with Gasteiger partial charge in [-0.1, -0.05) is 44.2 Å². The van der Waals surface area contributed by atoms with Crippen molar-refractivity contribution in [1.29, 1.82) is 0 Å². The number of aromatic nitrogens is 3. The third-order valence-corrected chi connectivity index (χ3v) is 3.13. The molecule has 2 rings (SSSR count). The molecule has 1 aromatic carbocycles. The van der Waals surface area contributed by atoms with Crippen LogP contribution in [-0.2, 0) is 19.3 Å². The molecule has 0 atom stereocenters. The lowest BCUT2D eigenvalue weighted by molar-refractivity contribution is 0.0992. The highest BCUT2D eigenvalue weighted by molar-refractivity contribution is 5.97. The first kappa shape index (κ1) is 13.3. The highest BCUT2D eigenvalue weighted by Gasteiger charge is 2.15. The van der Waals surface area contributed by atoms with E-state index in [2.05, 4.69) is 15.4 Å². The fraction of sp³-hybridized carbons (Fsp3) is 0.333. The summed E-state index contributed by atoms with van der Waals surface area (Å²) >= 11 is 0. The third kappa shape index (κ3) is 3.02. The second kappa shape index (κ2) is 6.18. The highest BCUT2D eigenvalue weighted by Crippen LogP contribution is 2.14. The van der Waals surface area contributed by atoms with Gasteiger partial charge in [0.1, 0.15) is 0 Å². The molecule has 19 heavy (non-hydrogen) atoms. The molecule has 4 heteroatoms. The van der Waals surface area contributed by atoms with Crippen molar-refractivity contribution in [3.8, 4) is 0 Å². The summed E-state index contributed by atoms with van der Waals surface area (Å²) in [6, 6.07) is 9.32. The first-order chi connectivity index (χ1) is 9.26. The molecule has 2 aromatic rings. The van der Waals surface area contributed by atoms with Gasteiger partial charge in [0.15, 0.2) is 5.78 Å². The van der Waals surface area contributed by atoms with Crippen LogP contribution < -0.4 is 0 Å². The van der Waals surface area contributed by atoms with Crippen molar-refractivity contribution in [2.24, 2.45) is 0 Å². The van der Waals surface area contributed by atoms with E-state index in [4.69, 9.17) is 0 Å². The van der Waals surface area contributed by atoms with Gasteiger partial charge in [0.2, 0.25) is 0 Å². The monoisotopic (exact) mass is 255 g/mol. The molecule has 0 unspecified atom stereocenters. The molecule has 0 saturated carbocycles. The summed E-state index contributed by atoms with van der Waals surface area (Å²) in [5.74, 6) is 0.0970. The molecule has 0 aliphatic rings. The minimum atomic E-state index is 0.0970. The van der Waals surface area contributed by atoms with Crippen LogP contribution in [-0.4, -0.2) is 21.2 Å². The van der Waals surface area contributed by atoms with Crippen molar-refractivity contribution in [2.45, 2.75) is 33.1 Å². The van der Waals surface area contributed by atoms with Gasteiger partial charge in [0, 0.05) is 17.5 Å². The zero-order valence-electron chi connectivity index (χ0n) is 11.3. The summed E-state index contributed by atoms with van der Waals surface area (Å²) < 4.78 is 0. The molecule has 0 bridgehead atoms. The zero-order chi connectivity index (χ0) is 13.7. The average molecular weight is 255 g/mol. The van der Waals surface area contributed by atoms with E-state index in [1.807, 2.05) is 44.2 Å². The number of hydrogen-bond donors (Lipinski definition) is 0. The Morgan fingerprint density at radius 1 is 1.00 bits per heavy atom. The summed E-state index contributed by atoms with van der Waals surface area (Å²) in [5, 5.41) is 11.8. The van der Waals surface area contributed by atoms with Gasteiger partial charge in [-0.2, -0.15) is 0 Å². The summed E-state index contributed by atoms with van der Waals surface area (Å²) in [7, 11) is 0. The van der Waals surface area contributed by atoms with Gasteiger partial charge in [-0.3, -0.25) is 4.79 Å². The Morgan fingerprint density at radius 2 is 1.58 bits per heavy atom. The molecule has 0 saturated heterocycles. The second-order valence-electron chi connectivity index (χ2n) is 4.33. The number of Topliss-reactive ketones (excluding diaryl/α,β-unsaturated/α-hetero) is 1. The number of rotatable bonds is 5. The fourth-order valence-electron chi connectivity index (χ4n) is 2.08. The number of carbonyl (C=O) groups excluding carboxylic acids is 1. The third-order valence-electron chi connectivity index (χ3n) is 3.13. The number of aryl methyl sites for hydroxylation is 2. The first-order valence-corrected chi connectivity index (χ1v) is 6.54. The zero-order valence-corrected chi connectivity index (χ0v) is 11.3. The Balaban J connectivity index is 2.30. The molecule has 0 N–H and O–H groups in total. The Bertz CT molecular complexity index is 545. The predicted octanol–water partition coefficient (Wildman–Crippen LogP) is 2.42. The van der Waals surface area contributed by atoms with Gasteiger partial charge in [0.25, 0.3) is 0 Å². The van der Waals surface area contributed by atoms with Crippen molar-refractivity contribution in [3.63, 3.8) is 0 Å². The lowest BCUT2D eigenvalue weighted by Gasteiger charge is -2.09. The molecule has 0 fully saturated rings. The van der Waals surface area contributed by atoms with Crippen molar-refractivity contribution in [3.05, 3.63) is 52.8 Å². The molecule has 98 valence electrons. The molecule has 0 aliphatic carbocycles. The Labute approximate surface area is 112 Å². The molecular weight excluding hydrogens is 238 g/mol. The molecule has 0 radical (unpaired) electrons. The van der Waals surface area contributed by atoms with Crippen molar-refractivity contribution >= 4 is 5.78 Å². The summed E-state index contributed by atoms with van der Waals surface area (Å²) in [5.41, 5.74) is 3.41. The van der Waals surface area contributed by atoms with E-state index in [0.717, 1.165) is 35.4 Å². The number of carbonyl (C=O) groups is 1. The Hall–Kier alpha value is -2.10. The van der Waals surface area contributed by atoms with E-state index < -0.39 is 0 Å². The summed E-state index contributed by atoms with van der Waals surface area (Å²) in [4.78, 5) is 12.3. The van der Waals surface area contributed by atoms with Crippen LogP contribution in [0.5, 0.6) is 0 Å². The number of benzene rings is 1. The fourth-order valence-corrected chi connectivity index (χ4v) is 2.08. The molecule has 0 amide bonds. The standard InChI is InChI=1S/C15H17N3O/c1-3-13-12(14(4-2)17-18-16-13)10-15(19)11-8-6-5-7-9-11/h5-9H,3-4,10H2,1-2H3. The predicted molar refractivity (Wildman–Crippen MR) is 73.1 cm³/mol. The lowest BCUT2D eigenvalue weighted by Crippen LogP contribution is -2.12. The van der Waals surface area contributed by atoms with Gasteiger partial charge >= 0.3 is 0 Å². The second-order valence-corrected chi connectivity index (χ2v) is 4.33. The van der Waals surface area contributed by atoms with Crippen molar-refractivity contribution < 1.29 is 4.79 Å². The van der Waals surface area contributed by atoms with E-state index in [0.29, 0.717) is 6.42 Å². The van der Waals surface area contributed by atoms with Crippen LogP contribution in [0.4, 0.5) is 0 Å². The van der Waals surface area contributed by atoms with E-state index in [1.165, 1.54) is 0 Å². The summed E-state index contributed by atoms with van der Waals surface area (Å²) in [6.07, 6.45) is 1.87. The number of nitrogens with zero attached hydrogens (tertiary/aromatic N) is 3. The van der Waals surface area contributed by atoms with Crippen LogP contribution in [0.1, 0.15) is 41.2 Å². The minimum Gasteiger partial charge on any atom is -0.294 e. The van der Waals surface area contributed by atoms with Crippen LogP contribution >= 0.6 is 0 Å². The molecule has 4 nitrogen and oxygen atoms in total. The van der Waals surface area contributed by atoms with Crippen LogP contribution in [0.3, 0.4) is 0 Å². The molecule has 1 heterocycles. The Kier molecular flexibility index (Phi) is 4.34. The van der Waals surface area contributed by atoms with Gasteiger partial charge in [-0.15, -0.1) is 10.2 Å². The molecule has 1 aromatic heterocycles. The van der Waals surface area contributed by atoms with Gasteiger partial charge < -0.3 is 0 Å². The van der Waals surface area contributed by atoms with Gasteiger partial charge in [-0.05, 0) is 18.1 Å². The van der Waals surface area contributed by atoms with E-state index in [1.54, 1.807) is 0 Å². The quantitative estimate of drug-likeness (QED) is 0.770. The number of hydrogen-bond acceptors (Lipinski definition) is 4. The highest BCUT2D eigenvalue weighted by atomic mass is 16.1. The molecule has 0 spiro atoms. The van der Waals surface area contributed by atoms with E-state index >= 15 is 0 Å². The molecule has 0 aliphatic heterocycles. The van der Waals surface area contributed by atoms with Crippen molar-refractivity contribution in [1.82, 2.24) is 15.4 Å². The average Bonchev–Trinajstić information content (AvgIpc) is 2.48. The largest absolute Gasteiger partial charge is 0.294 e. The normalized spacial score (nSPS) is 10.4. The smallest absolute Gasteiger partial charge is 0.167 e. The maximum absolute atomic E-state index is 12.3. The van der Waals surface area contributed by atoms with Crippen LogP contribution in [0.2, 0.25) is 0 Å². The van der Waals surface area contributed by atoms with Crippen molar-refractivity contribution in [2.75, 3.05) is 0 Å². The lowest BCUT2D eigenvalue weighted by atomic mass is 9.99. The topological polar surface area (TPSA) is 55.7 Å². The van der Waals surface area contributed by atoms with E-state index in [9.17, 15) is 4.79 Å². The number of ketones is 1. The maximum Gasteiger partial charge on any atom is 0.167 e. The SMILES string of the molecule is CCc1nnnc(CC)c1CC(=O)c1ccccc1.